The highest BCUT2D eigenvalue weighted by Gasteiger charge is 2.52. The molecule has 9 heteroatoms. The fourth-order valence-electron chi connectivity index (χ4n) is 4.97. The van der Waals surface area contributed by atoms with E-state index in [0.717, 1.165) is 56.5 Å². The first-order valence-electron chi connectivity index (χ1n) is 11.8. The highest BCUT2D eigenvalue weighted by atomic mass is 19.1. The number of nitrogens with one attached hydrogen (secondary N) is 2. The number of hydrogen-bond acceptors (Lipinski definition) is 7. The van der Waals surface area contributed by atoms with Gasteiger partial charge in [-0.1, -0.05) is 12.1 Å². The summed E-state index contributed by atoms with van der Waals surface area (Å²) >= 11 is 0. The van der Waals surface area contributed by atoms with Crippen LogP contribution in [0.5, 0.6) is 5.75 Å². The Bertz CT molecular complexity index is 1320. The Morgan fingerprint density at radius 3 is 2.66 bits per heavy atom. The molecule has 0 bridgehead atoms. The molecule has 8 nitrogen and oxygen atoms in total. The van der Waals surface area contributed by atoms with Gasteiger partial charge in [-0.3, -0.25) is 4.79 Å². The van der Waals surface area contributed by atoms with Gasteiger partial charge in [0.1, 0.15) is 11.4 Å². The van der Waals surface area contributed by atoms with Gasteiger partial charge in [-0.2, -0.15) is 0 Å². The maximum Gasteiger partial charge on any atom is 0.252 e. The van der Waals surface area contributed by atoms with Crippen molar-refractivity contribution in [3.8, 4) is 17.0 Å². The van der Waals surface area contributed by atoms with Gasteiger partial charge in [0.15, 0.2) is 5.82 Å². The number of anilines is 3. The molecule has 0 radical (unpaired) electrons. The number of likely N-dealkylation sites (N-methyl/N-ethyl adjacent to an activating group) is 1. The molecule has 1 spiro atoms. The van der Waals surface area contributed by atoms with Gasteiger partial charge in [0.2, 0.25) is 5.95 Å². The van der Waals surface area contributed by atoms with Crippen molar-refractivity contribution >= 4 is 23.2 Å². The van der Waals surface area contributed by atoms with E-state index >= 15 is 0 Å². The molecule has 2 aliphatic heterocycles. The summed E-state index contributed by atoms with van der Waals surface area (Å²) in [6.07, 6.45) is 3.03. The molecule has 1 aliphatic carbocycles. The Morgan fingerprint density at radius 1 is 1.11 bits per heavy atom. The lowest BCUT2D eigenvalue weighted by Crippen LogP contribution is -2.44. The second kappa shape index (κ2) is 8.20. The van der Waals surface area contributed by atoms with Gasteiger partial charge >= 0.3 is 0 Å². The van der Waals surface area contributed by atoms with Crippen molar-refractivity contribution in [3.63, 3.8) is 0 Å². The summed E-state index contributed by atoms with van der Waals surface area (Å²) in [5, 5.41) is 6.26. The van der Waals surface area contributed by atoms with E-state index in [-0.39, 0.29) is 23.1 Å². The van der Waals surface area contributed by atoms with E-state index in [1.54, 1.807) is 13.2 Å². The van der Waals surface area contributed by atoms with Gasteiger partial charge in [-0.25, -0.2) is 14.4 Å². The number of carbonyl (C=O) groups is 1. The van der Waals surface area contributed by atoms with Crippen molar-refractivity contribution in [2.75, 3.05) is 50.6 Å². The summed E-state index contributed by atoms with van der Waals surface area (Å²) in [5.41, 5.74) is 3.82. The van der Waals surface area contributed by atoms with Crippen LogP contribution in [0.3, 0.4) is 0 Å². The Kier molecular flexibility index (Phi) is 5.10. The topological polar surface area (TPSA) is 82.6 Å². The molecule has 3 aromatic rings. The molecular weight excluding hydrogens is 447 g/mol. The Balaban J connectivity index is 1.30. The lowest BCUT2D eigenvalue weighted by Gasteiger charge is -2.34. The number of aromatic nitrogens is 2. The largest absolute Gasteiger partial charge is 0.495 e. The van der Waals surface area contributed by atoms with Crippen LogP contribution in [0.4, 0.5) is 21.7 Å². The second-order valence-corrected chi connectivity index (χ2v) is 9.49. The smallest absolute Gasteiger partial charge is 0.252 e. The molecule has 0 atom stereocenters. The molecule has 2 fully saturated rings. The number of methoxy groups -OCH3 is 1. The van der Waals surface area contributed by atoms with Crippen LogP contribution in [0.25, 0.3) is 11.3 Å². The minimum atomic E-state index is -0.548. The number of ether oxygens (including phenoxy) is 1. The summed E-state index contributed by atoms with van der Waals surface area (Å²) < 4.78 is 20.3. The Hall–Kier alpha value is -3.72. The SMILES string of the molecule is COc1ccc(N2CCN(C)CC2)cc1Nc1ncc(F)c(-c2ccc3c(c2)C(=O)NC32CC2)n1. The van der Waals surface area contributed by atoms with E-state index in [1.165, 1.54) is 0 Å². The van der Waals surface area contributed by atoms with Crippen LogP contribution in [0.1, 0.15) is 28.8 Å². The number of hydrogen-bond donors (Lipinski definition) is 2. The van der Waals surface area contributed by atoms with Crippen molar-refractivity contribution in [1.29, 1.82) is 0 Å². The third kappa shape index (κ3) is 3.85. The third-order valence-corrected chi connectivity index (χ3v) is 7.20. The first-order valence-corrected chi connectivity index (χ1v) is 11.8. The van der Waals surface area contributed by atoms with Crippen LogP contribution < -0.4 is 20.3 Å². The molecule has 6 rings (SSSR count). The number of benzene rings is 2. The minimum Gasteiger partial charge on any atom is -0.495 e. The molecule has 180 valence electrons. The zero-order chi connectivity index (χ0) is 24.2. The average molecular weight is 475 g/mol. The van der Waals surface area contributed by atoms with Crippen molar-refractivity contribution in [2.45, 2.75) is 18.4 Å². The van der Waals surface area contributed by atoms with Crippen LogP contribution in [-0.2, 0) is 5.54 Å². The molecule has 2 aromatic carbocycles. The van der Waals surface area contributed by atoms with Crippen LogP contribution in [-0.4, -0.2) is 61.1 Å². The van der Waals surface area contributed by atoms with Gasteiger partial charge in [0, 0.05) is 43.0 Å². The first-order chi connectivity index (χ1) is 17.0. The Labute approximate surface area is 203 Å². The van der Waals surface area contributed by atoms with Gasteiger partial charge < -0.3 is 25.2 Å². The third-order valence-electron chi connectivity index (χ3n) is 7.20. The number of halogens is 1. The first kappa shape index (κ1) is 21.8. The second-order valence-electron chi connectivity index (χ2n) is 9.49. The highest BCUT2D eigenvalue weighted by molar-refractivity contribution is 6.01. The summed E-state index contributed by atoms with van der Waals surface area (Å²) in [5.74, 6) is 0.228. The van der Waals surface area contributed by atoms with E-state index in [9.17, 15) is 9.18 Å². The fraction of sp³-hybridized carbons (Fsp3) is 0.346. The molecule has 0 unspecified atom stereocenters. The summed E-state index contributed by atoms with van der Waals surface area (Å²) in [7, 11) is 3.73. The molecule has 1 aromatic heterocycles. The zero-order valence-electron chi connectivity index (χ0n) is 19.8. The van der Waals surface area contributed by atoms with Crippen molar-refractivity contribution < 1.29 is 13.9 Å². The van der Waals surface area contributed by atoms with Gasteiger partial charge in [-0.05, 0) is 49.7 Å². The van der Waals surface area contributed by atoms with Crippen LogP contribution >= 0.6 is 0 Å². The van der Waals surface area contributed by atoms with Crippen molar-refractivity contribution in [1.82, 2.24) is 20.2 Å². The van der Waals surface area contributed by atoms with Crippen LogP contribution in [0.2, 0.25) is 0 Å². The van der Waals surface area contributed by atoms with Gasteiger partial charge in [-0.15, -0.1) is 0 Å². The van der Waals surface area contributed by atoms with E-state index in [0.29, 0.717) is 22.6 Å². The molecule has 1 amide bonds. The van der Waals surface area contributed by atoms with Crippen LogP contribution in [0, 0.1) is 5.82 Å². The van der Waals surface area contributed by atoms with E-state index in [1.807, 2.05) is 30.3 Å². The lowest BCUT2D eigenvalue weighted by atomic mass is 9.99. The summed E-state index contributed by atoms with van der Waals surface area (Å²) in [6, 6.07) is 11.4. The summed E-state index contributed by atoms with van der Waals surface area (Å²) in [6.45, 7) is 3.87. The van der Waals surface area contributed by atoms with Crippen molar-refractivity contribution in [3.05, 3.63) is 59.5 Å². The highest BCUT2D eigenvalue weighted by Crippen LogP contribution is 2.50. The zero-order valence-corrected chi connectivity index (χ0v) is 19.8. The monoisotopic (exact) mass is 474 g/mol. The molecule has 3 aliphatic rings. The quantitative estimate of drug-likeness (QED) is 0.586. The van der Waals surface area contributed by atoms with Crippen molar-refractivity contribution in [2.24, 2.45) is 0 Å². The number of amides is 1. The lowest BCUT2D eigenvalue weighted by molar-refractivity contribution is 0.0952. The number of fused-ring (bicyclic) bond motifs is 2. The molecule has 2 N–H and O–H groups in total. The summed E-state index contributed by atoms with van der Waals surface area (Å²) in [4.78, 5) is 25.7. The Morgan fingerprint density at radius 2 is 1.91 bits per heavy atom. The number of nitrogens with zero attached hydrogens (tertiary/aromatic N) is 4. The van der Waals surface area contributed by atoms with E-state index in [2.05, 4.69) is 37.4 Å². The molecule has 3 heterocycles. The molecule has 1 saturated carbocycles. The van der Waals surface area contributed by atoms with Crippen LogP contribution in [0.15, 0.2) is 42.6 Å². The van der Waals surface area contributed by atoms with E-state index in [4.69, 9.17) is 4.74 Å². The standard InChI is InChI=1S/C26H27FN6O2/c1-32-9-11-33(12-10-32)17-4-6-22(35-2)21(14-17)29-25-28-15-20(27)23(30-25)16-3-5-19-18(13-16)24(34)31-26(19)7-8-26/h3-6,13-15H,7-12H2,1-2H3,(H,31,34)(H,28,29,30). The van der Waals surface area contributed by atoms with Gasteiger partial charge in [0.05, 0.1) is 24.5 Å². The fourth-order valence-corrected chi connectivity index (χ4v) is 4.97. The number of carbonyl (C=O) groups excluding carboxylic acids is 1. The maximum absolute atomic E-state index is 14.8. The number of rotatable bonds is 5. The molecule has 1 saturated heterocycles. The van der Waals surface area contributed by atoms with Gasteiger partial charge in [0.25, 0.3) is 5.91 Å². The van der Waals surface area contributed by atoms with E-state index < -0.39 is 5.82 Å². The average Bonchev–Trinajstić information content (AvgIpc) is 3.59. The minimum absolute atomic E-state index is 0.113. The predicted octanol–water partition coefficient (Wildman–Crippen LogP) is 3.52. The maximum atomic E-state index is 14.8. The molecule has 35 heavy (non-hydrogen) atoms. The normalized spacial score (nSPS) is 18.4. The molecular formula is C26H27FN6O2. The predicted molar refractivity (Wildman–Crippen MR) is 132 cm³/mol. The number of piperazine rings is 1.